The molecule has 1 aliphatic rings. The lowest BCUT2D eigenvalue weighted by Crippen LogP contribution is -2.38. The molecule has 34 heavy (non-hydrogen) atoms. The molecule has 0 aromatic heterocycles. The number of sulfone groups is 1. The summed E-state index contributed by atoms with van der Waals surface area (Å²) in [6.07, 6.45) is -8.26. The van der Waals surface area contributed by atoms with Crippen LogP contribution in [0.5, 0.6) is 0 Å². The second kappa shape index (κ2) is 9.55. The van der Waals surface area contributed by atoms with E-state index in [1.807, 2.05) is 0 Å². The van der Waals surface area contributed by atoms with Gasteiger partial charge >= 0.3 is 12.4 Å². The fraction of sp³-hybridized carbons (Fsp3) is 0.409. The summed E-state index contributed by atoms with van der Waals surface area (Å²) in [4.78, 5) is 11.9. The van der Waals surface area contributed by atoms with Crippen LogP contribution in [0.1, 0.15) is 47.2 Å². The average molecular weight is 511 g/mol. The highest BCUT2D eigenvalue weighted by Gasteiger charge is 2.35. The Morgan fingerprint density at radius 2 is 1.56 bits per heavy atom. The van der Waals surface area contributed by atoms with E-state index in [2.05, 4.69) is 5.32 Å². The molecule has 0 heterocycles. The molecule has 0 unspecified atom stereocenters. The van der Waals surface area contributed by atoms with Crippen molar-refractivity contribution in [2.45, 2.75) is 49.0 Å². The molecule has 186 valence electrons. The molecule has 1 aliphatic carbocycles. The van der Waals surface area contributed by atoms with Gasteiger partial charge in [-0.15, -0.1) is 0 Å². The Kier molecular flexibility index (Phi) is 7.30. The first kappa shape index (κ1) is 26.0. The molecule has 2 aromatic carbocycles. The van der Waals surface area contributed by atoms with Crippen LogP contribution in [-0.4, -0.2) is 26.1 Å². The van der Waals surface area contributed by atoms with E-state index >= 15 is 0 Å². The SMILES string of the molecule is O=C(N[C@H]1CC[C@@H](CS(=O)(=O)c2cccc(C(F)(F)F)c2)CC1)c1ccc(F)c(C(F)(F)F)c1. The Morgan fingerprint density at radius 1 is 0.912 bits per heavy atom. The van der Waals surface area contributed by atoms with E-state index in [1.54, 1.807) is 0 Å². The summed E-state index contributed by atoms with van der Waals surface area (Å²) in [6, 6.07) is 5.01. The highest BCUT2D eigenvalue weighted by atomic mass is 32.2. The minimum atomic E-state index is -4.95. The van der Waals surface area contributed by atoms with Crippen molar-refractivity contribution in [1.82, 2.24) is 5.32 Å². The lowest BCUT2D eigenvalue weighted by Gasteiger charge is -2.29. The van der Waals surface area contributed by atoms with Gasteiger partial charge < -0.3 is 5.32 Å². The standard InChI is InChI=1S/C22H20F7NO3S/c23-19-9-6-14(10-18(19)22(27,28)29)20(31)30-16-7-4-13(5-8-16)12-34(32,33)17-3-1-2-15(11-17)21(24,25)26/h1-3,6,9-11,13,16H,4-5,7-8,12H2,(H,30,31)/t13-,16+. The number of benzene rings is 2. The van der Waals surface area contributed by atoms with E-state index in [9.17, 15) is 43.9 Å². The zero-order chi connectivity index (χ0) is 25.3. The molecule has 1 saturated carbocycles. The number of alkyl halides is 6. The molecule has 0 bridgehead atoms. The van der Waals surface area contributed by atoms with Crippen LogP contribution in [-0.2, 0) is 22.2 Å². The second-order valence-corrected chi connectivity index (χ2v) is 10.2. The lowest BCUT2D eigenvalue weighted by atomic mass is 9.87. The van der Waals surface area contributed by atoms with Gasteiger partial charge in [0.05, 0.1) is 21.8 Å². The van der Waals surface area contributed by atoms with Gasteiger partial charge in [-0.25, -0.2) is 12.8 Å². The third-order valence-electron chi connectivity index (χ3n) is 5.69. The van der Waals surface area contributed by atoms with Crippen LogP contribution in [0.2, 0.25) is 0 Å². The number of rotatable bonds is 5. The Labute approximate surface area is 191 Å². The minimum Gasteiger partial charge on any atom is -0.349 e. The fourth-order valence-electron chi connectivity index (χ4n) is 3.90. The van der Waals surface area contributed by atoms with Crippen molar-refractivity contribution in [1.29, 1.82) is 0 Å². The maximum Gasteiger partial charge on any atom is 0.419 e. The molecular formula is C22H20F7NO3S. The maximum atomic E-state index is 13.4. The van der Waals surface area contributed by atoms with Gasteiger partial charge in [-0.1, -0.05) is 6.07 Å². The van der Waals surface area contributed by atoms with Crippen LogP contribution < -0.4 is 5.32 Å². The fourth-order valence-corrected chi connectivity index (χ4v) is 5.64. The highest BCUT2D eigenvalue weighted by molar-refractivity contribution is 7.91. The Morgan fingerprint density at radius 3 is 2.15 bits per heavy atom. The van der Waals surface area contributed by atoms with Crippen LogP contribution in [0, 0.1) is 11.7 Å². The van der Waals surface area contributed by atoms with Crippen molar-refractivity contribution >= 4 is 15.7 Å². The van der Waals surface area contributed by atoms with Crippen molar-refractivity contribution in [3.63, 3.8) is 0 Å². The topological polar surface area (TPSA) is 63.2 Å². The first-order chi connectivity index (χ1) is 15.7. The van der Waals surface area contributed by atoms with Gasteiger partial charge in [0, 0.05) is 11.6 Å². The molecule has 0 atom stereocenters. The second-order valence-electron chi connectivity index (χ2n) is 8.19. The summed E-state index contributed by atoms with van der Waals surface area (Å²) >= 11 is 0. The summed E-state index contributed by atoms with van der Waals surface area (Å²) in [5.74, 6) is -3.02. The molecule has 0 spiro atoms. The van der Waals surface area contributed by atoms with Gasteiger partial charge in [0.15, 0.2) is 9.84 Å². The van der Waals surface area contributed by atoms with Gasteiger partial charge in [-0.05, 0) is 68.0 Å². The molecule has 1 N–H and O–H groups in total. The first-order valence-corrected chi connectivity index (χ1v) is 11.9. The van der Waals surface area contributed by atoms with Gasteiger partial charge in [0.2, 0.25) is 0 Å². The van der Waals surface area contributed by atoms with Gasteiger partial charge in [-0.3, -0.25) is 4.79 Å². The molecule has 1 fully saturated rings. The van der Waals surface area contributed by atoms with Gasteiger partial charge in [-0.2, -0.15) is 26.3 Å². The van der Waals surface area contributed by atoms with E-state index in [1.165, 1.54) is 0 Å². The van der Waals surface area contributed by atoms with Crippen molar-refractivity contribution in [3.05, 3.63) is 65.0 Å². The third-order valence-corrected chi connectivity index (χ3v) is 7.57. The van der Waals surface area contributed by atoms with Crippen LogP contribution in [0.25, 0.3) is 0 Å². The molecule has 0 radical (unpaired) electrons. The minimum absolute atomic E-state index is 0.335. The number of halogens is 7. The summed E-state index contributed by atoms with van der Waals surface area (Å²) in [5, 5.41) is 2.57. The first-order valence-electron chi connectivity index (χ1n) is 10.2. The quantitative estimate of drug-likeness (QED) is 0.530. The molecule has 3 rings (SSSR count). The lowest BCUT2D eigenvalue weighted by molar-refractivity contribution is -0.140. The number of hydrogen-bond donors (Lipinski definition) is 1. The van der Waals surface area contributed by atoms with Crippen LogP contribution in [0.15, 0.2) is 47.4 Å². The summed E-state index contributed by atoms with van der Waals surface area (Å²) in [6.45, 7) is 0. The zero-order valence-electron chi connectivity index (χ0n) is 17.5. The summed E-state index contributed by atoms with van der Waals surface area (Å²) in [7, 11) is -3.98. The normalized spacial score (nSPS) is 19.6. The van der Waals surface area contributed by atoms with Gasteiger partial charge in [0.25, 0.3) is 5.91 Å². The Bertz CT molecular complexity index is 1150. The molecule has 0 aliphatic heterocycles. The van der Waals surface area contributed by atoms with Crippen molar-refractivity contribution < 1.29 is 43.9 Å². The average Bonchev–Trinajstić information content (AvgIpc) is 2.74. The third kappa shape index (κ3) is 6.28. The number of carbonyl (C=O) groups excluding carboxylic acids is 1. The molecule has 0 saturated heterocycles. The predicted octanol–water partition coefficient (Wildman–Crippen LogP) is 5.63. The molecule has 12 heteroatoms. The smallest absolute Gasteiger partial charge is 0.349 e. The largest absolute Gasteiger partial charge is 0.419 e. The van der Waals surface area contributed by atoms with Gasteiger partial charge in [0.1, 0.15) is 5.82 Å². The molecule has 4 nitrogen and oxygen atoms in total. The van der Waals surface area contributed by atoms with E-state index in [0.717, 1.165) is 24.3 Å². The van der Waals surface area contributed by atoms with Crippen molar-refractivity contribution in [2.75, 3.05) is 5.75 Å². The van der Waals surface area contributed by atoms with E-state index < -0.39 is 56.0 Å². The summed E-state index contributed by atoms with van der Waals surface area (Å²) < 4.78 is 116. The summed E-state index contributed by atoms with van der Waals surface area (Å²) in [5.41, 5.74) is -2.97. The van der Waals surface area contributed by atoms with E-state index in [0.29, 0.717) is 43.9 Å². The van der Waals surface area contributed by atoms with E-state index in [4.69, 9.17) is 0 Å². The Hall–Kier alpha value is -2.63. The zero-order valence-corrected chi connectivity index (χ0v) is 18.3. The monoisotopic (exact) mass is 511 g/mol. The molecule has 2 aromatic rings. The molecular weight excluding hydrogens is 491 g/mol. The Balaban J connectivity index is 1.59. The predicted molar refractivity (Wildman–Crippen MR) is 108 cm³/mol. The van der Waals surface area contributed by atoms with Crippen molar-refractivity contribution in [3.8, 4) is 0 Å². The number of nitrogens with one attached hydrogen (secondary N) is 1. The number of amides is 1. The van der Waals surface area contributed by atoms with Crippen LogP contribution >= 0.6 is 0 Å². The van der Waals surface area contributed by atoms with E-state index in [-0.39, 0.29) is 17.2 Å². The highest BCUT2D eigenvalue weighted by Crippen LogP contribution is 2.33. The number of carbonyl (C=O) groups is 1. The van der Waals surface area contributed by atoms with Crippen LogP contribution in [0.4, 0.5) is 30.7 Å². The van der Waals surface area contributed by atoms with Crippen LogP contribution in [0.3, 0.4) is 0 Å². The maximum absolute atomic E-state index is 13.4. The molecule has 1 amide bonds. The van der Waals surface area contributed by atoms with Crippen molar-refractivity contribution in [2.24, 2.45) is 5.92 Å². The number of hydrogen-bond acceptors (Lipinski definition) is 3.